The first kappa shape index (κ1) is 14.1. The third-order valence-electron chi connectivity index (χ3n) is 4.08. The minimum Gasteiger partial charge on any atom is -0.493 e. The molecule has 4 nitrogen and oxygen atoms in total. The number of hydrogen-bond acceptors (Lipinski definition) is 3. The summed E-state index contributed by atoms with van der Waals surface area (Å²) in [5.74, 6) is 1.75. The van der Waals surface area contributed by atoms with Gasteiger partial charge in [0, 0.05) is 12.5 Å². The Morgan fingerprint density at radius 3 is 2.68 bits per heavy atom. The molecule has 0 radical (unpaired) electrons. The lowest BCUT2D eigenvalue weighted by Gasteiger charge is -2.25. The highest BCUT2D eigenvalue weighted by atomic mass is 16.5. The van der Waals surface area contributed by atoms with Gasteiger partial charge in [-0.3, -0.25) is 9.48 Å². The summed E-state index contributed by atoms with van der Waals surface area (Å²) in [7, 11) is 1.60. The van der Waals surface area contributed by atoms with E-state index in [9.17, 15) is 4.79 Å². The quantitative estimate of drug-likeness (QED) is 0.766. The topological polar surface area (TPSA) is 44.1 Å². The molecule has 1 heterocycles. The predicted molar refractivity (Wildman–Crippen MR) is 74.5 cm³/mol. The van der Waals surface area contributed by atoms with Crippen LogP contribution in [0, 0.1) is 11.8 Å². The van der Waals surface area contributed by atoms with E-state index in [-0.39, 0.29) is 11.7 Å². The monoisotopic (exact) mass is 264 g/mol. The summed E-state index contributed by atoms with van der Waals surface area (Å²) < 4.78 is 7.11. The van der Waals surface area contributed by atoms with Gasteiger partial charge in [-0.25, -0.2) is 0 Å². The van der Waals surface area contributed by atoms with E-state index >= 15 is 0 Å². The van der Waals surface area contributed by atoms with Crippen LogP contribution in [-0.2, 0) is 6.54 Å². The molecule has 0 amide bonds. The van der Waals surface area contributed by atoms with Crippen LogP contribution in [-0.4, -0.2) is 22.7 Å². The minimum atomic E-state index is 0.150. The van der Waals surface area contributed by atoms with Gasteiger partial charge in [-0.1, -0.05) is 26.7 Å². The van der Waals surface area contributed by atoms with Crippen molar-refractivity contribution in [2.24, 2.45) is 11.8 Å². The molecule has 1 fully saturated rings. The fraction of sp³-hybridized carbons (Fsp3) is 0.733. The van der Waals surface area contributed by atoms with Crippen molar-refractivity contribution in [1.29, 1.82) is 0 Å². The molecule has 0 saturated heterocycles. The van der Waals surface area contributed by atoms with E-state index in [1.807, 2.05) is 0 Å². The molecule has 4 heteroatoms. The van der Waals surface area contributed by atoms with E-state index in [1.165, 1.54) is 0 Å². The van der Waals surface area contributed by atoms with E-state index in [0.717, 1.165) is 44.6 Å². The Morgan fingerprint density at radius 2 is 2.11 bits per heavy atom. The molecule has 2 rings (SSSR count). The maximum Gasteiger partial charge on any atom is 0.187 e. The molecule has 1 aliphatic carbocycles. The maximum atomic E-state index is 12.7. The van der Waals surface area contributed by atoms with E-state index in [0.29, 0.717) is 11.4 Å². The first-order valence-electron chi connectivity index (χ1n) is 7.31. The summed E-state index contributed by atoms with van der Waals surface area (Å²) in [5.41, 5.74) is 0.670. The van der Waals surface area contributed by atoms with Gasteiger partial charge in [-0.05, 0) is 25.2 Å². The zero-order valence-corrected chi connectivity index (χ0v) is 12.2. The van der Waals surface area contributed by atoms with Crippen molar-refractivity contribution < 1.29 is 9.53 Å². The van der Waals surface area contributed by atoms with Gasteiger partial charge in [0.25, 0.3) is 0 Å². The molecular weight excluding hydrogens is 240 g/mol. The zero-order chi connectivity index (χ0) is 13.8. The van der Waals surface area contributed by atoms with Crippen LogP contribution in [0.25, 0.3) is 0 Å². The van der Waals surface area contributed by atoms with Gasteiger partial charge in [0.2, 0.25) is 0 Å². The Balaban J connectivity index is 2.19. The van der Waals surface area contributed by atoms with Gasteiger partial charge >= 0.3 is 0 Å². The van der Waals surface area contributed by atoms with Crippen molar-refractivity contribution >= 4 is 5.78 Å². The number of hydrogen-bond donors (Lipinski definition) is 0. The van der Waals surface area contributed by atoms with Crippen molar-refractivity contribution in [3.63, 3.8) is 0 Å². The average molecular weight is 264 g/mol. The van der Waals surface area contributed by atoms with Crippen molar-refractivity contribution in [1.82, 2.24) is 9.78 Å². The number of carbonyl (C=O) groups is 1. The molecule has 0 unspecified atom stereocenters. The lowest BCUT2D eigenvalue weighted by molar-refractivity contribution is 0.0861. The van der Waals surface area contributed by atoms with Gasteiger partial charge < -0.3 is 4.74 Å². The Kier molecular flexibility index (Phi) is 4.61. The van der Waals surface area contributed by atoms with Gasteiger partial charge in [-0.15, -0.1) is 0 Å². The van der Waals surface area contributed by atoms with Crippen molar-refractivity contribution in [3.05, 3.63) is 11.9 Å². The van der Waals surface area contributed by atoms with Gasteiger partial charge in [0.15, 0.2) is 11.5 Å². The van der Waals surface area contributed by atoms with E-state index in [2.05, 4.69) is 18.9 Å². The van der Waals surface area contributed by atoms with Crippen LogP contribution < -0.4 is 4.74 Å². The molecule has 0 spiro atoms. The number of methoxy groups -OCH3 is 1. The number of rotatable bonds is 5. The zero-order valence-electron chi connectivity index (χ0n) is 12.2. The van der Waals surface area contributed by atoms with E-state index < -0.39 is 0 Å². The number of Topliss-reactive ketones (excluding diaryl/α,β-unsaturated/α-hetero) is 1. The Morgan fingerprint density at radius 1 is 1.42 bits per heavy atom. The Bertz CT molecular complexity index is 431. The van der Waals surface area contributed by atoms with Gasteiger partial charge in [0.1, 0.15) is 5.69 Å². The molecule has 0 atom stereocenters. The Hall–Kier alpha value is -1.32. The molecule has 0 aliphatic heterocycles. The molecule has 0 aromatic carbocycles. The van der Waals surface area contributed by atoms with Crippen LogP contribution in [0.3, 0.4) is 0 Å². The summed E-state index contributed by atoms with van der Waals surface area (Å²) in [4.78, 5) is 12.7. The highest BCUT2D eigenvalue weighted by Crippen LogP contribution is 2.32. The van der Waals surface area contributed by atoms with Crippen LogP contribution in [0.4, 0.5) is 0 Å². The summed E-state index contributed by atoms with van der Waals surface area (Å²) in [6.45, 7) is 5.13. The first-order valence-corrected chi connectivity index (χ1v) is 7.31. The third-order valence-corrected chi connectivity index (χ3v) is 4.08. The summed E-state index contributed by atoms with van der Waals surface area (Å²) in [6, 6.07) is 0. The van der Waals surface area contributed by atoms with Crippen molar-refractivity contribution in [2.45, 2.75) is 52.5 Å². The van der Waals surface area contributed by atoms with E-state index in [4.69, 9.17) is 4.74 Å². The number of carbonyl (C=O) groups excluding carboxylic acids is 1. The minimum absolute atomic E-state index is 0.150. The third kappa shape index (κ3) is 2.99. The summed E-state index contributed by atoms with van der Waals surface area (Å²) in [5, 5.41) is 4.28. The highest BCUT2D eigenvalue weighted by Gasteiger charge is 2.29. The molecule has 1 saturated carbocycles. The second kappa shape index (κ2) is 6.22. The van der Waals surface area contributed by atoms with E-state index in [1.54, 1.807) is 18.0 Å². The lowest BCUT2D eigenvalue weighted by Crippen LogP contribution is -2.24. The summed E-state index contributed by atoms with van der Waals surface area (Å²) in [6.07, 6.45) is 6.93. The molecule has 1 aromatic rings. The second-order valence-electron chi connectivity index (χ2n) is 5.61. The smallest absolute Gasteiger partial charge is 0.187 e. The standard InChI is InChI=1S/C15H24N2O2/c1-4-9-17-14(13(19-3)10-16-17)15(18)12-7-5-11(2)6-8-12/h10-12H,4-9H2,1-3H3. The molecule has 19 heavy (non-hydrogen) atoms. The lowest BCUT2D eigenvalue weighted by atomic mass is 9.80. The maximum absolute atomic E-state index is 12.7. The fourth-order valence-corrected chi connectivity index (χ4v) is 2.86. The predicted octanol–water partition coefficient (Wildman–Crippen LogP) is 3.31. The second-order valence-corrected chi connectivity index (χ2v) is 5.61. The molecule has 0 bridgehead atoms. The number of ether oxygens (including phenoxy) is 1. The molecule has 1 aromatic heterocycles. The van der Waals surface area contributed by atoms with Crippen LogP contribution in [0.2, 0.25) is 0 Å². The molecule has 0 N–H and O–H groups in total. The highest BCUT2D eigenvalue weighted by molar-refractivity contribution is 5.98. The normalized spacial score (nSPS) is 23.3. The van der Waals surface area contributed by atoms with Crippen molar-refractivity contribution in [3.8, 4) is 5.75 Å². The van der Waals surface area contributed by atoms with Crippen molar-refractivity contribution in [2.75, 3.05) is 7.11 Å². The van der Waals surface area contributed by atoms with Crippen LogP contribution in [0.1, 0.15) is 56.4 Å². The molecule has 1 aliphatic rings. The Labute approximate surface area is 115 Å². The number of aromatic nitrogens is 2. The van der Waals surface area contributed by atoms with Crippen LogP contribution in [0.5, 0.6) is 5.75 Å². The molecular formula is C15H24N2O2. The van der Waals surface area contributed by atoms with Gasteiger partial charge in [-0.2, -0.15) is 5.10 Å². The fourth-order valence-electron chi connectivity index (χ4n) is 2.86. The SMILES string of the molecule is CCCn1ncc(OC)c1C(=O)C1CCC(C)CC1. The average Bonchev–Trinajstić information content (AvgIpc) is 2.82. The first-order chi connectivity index (χ1) is 9.17. The van der Waals surface area contributed by atoms with Crippen LogP contribution in [0.15, 0.2) is 6.20 Å². The van der Waals surface area contributed by atoms with Gasteiger partial charge in [0.05, 0.1) is 13.3 Å². The largest absolute Gasteiger partial charge is 0.493 e. The number of nitrogens with zero attached hydrogens (tertiary/aromatic N) is 2. The summed E-state index contributed by atoms with van der Waals surface area (Å²) >= 11 is 0. The molecule has 106 valence electrons. The van der Waals surface area contributed by atoms with Crippen LogP contribution >= 0.6 is 0 Å². The number of aryl methyl sites for hydroxylation is 1. The number of ketones is 1.